The van der Waals surface area contributed by atoms with Crippen molar-refractivity contribution in [3.8, 4) is 5.75 Å². The van der Waals surface area contributed by atoms with E-state index in [1.54, 1.807) is 41.3 Å². The van der Waals surface area contributed by atoms with Crippen molar-refractivity contribution in [3.05, 3.63) is 54.6 Å². The van der Waals surface area contributed by atoms with Crippen LogP contribution < -0.4 is 4.74 Å². The number of halogens is 1. The molecule has 0 aliphatic heterocycles. The summed E-state index contributed by atoms with van der Waals surface area (Å²) >= 11 is 5.75. The van der Waals surface area contributed by atoms with Crippen LogP contribution in [0.3, 0.4) is 0 Å². The van der Waals surface area contributed by atoms with Gasteiger partial charge in [-0.1, -0.05) is 23.8 Å². The lowest BCUT2D eigenvalue weighted by atomic mass is 10.3. The molecule has 1 aromatic carbocycles. The van der Waals surface area contributed by atoms with E-state index >= 15 is 0 Å². The summed E-state index contributed by atoms with van der Waals surface area (Å²) in [5.74, 6) is 0.509. The van der Waals surface area contributed by atoms with E-state index in [1.165, 1.54) is 0 Å². The maximum atomic E-state index is 11.8. The van der Waals surface area contributed by atoms with Gasteiger partial charge < -0.3 is 9.64 Å². The van der Waals surface area contributed by atoms with Gasteiger partial charge in [-0.3, -0.25) is 4.79 Å². The standard InChI is InChI=1S/C14H16ClNO2/c1-3-9-16(10-4-2)14(17)11-18-13-7-5-12(15)6-8-13/h3-8H,1-2,9-11H2. The molecule has 0 saturated heterocycles. The minimum Gasteiger partial charge on any atom is -0.484 e. The number of hydrogen-bond acceptors (Lipinski definition) is 2. The molecular formula is C14H16ClNO2. The van der Waals surface area contributed by atoms with Crippen LogP contribution >= 0.6 is 11.6 Å². The van der Waals surface area contributed by atoms with Crippen molar-refractivity contribution in [1.29, 1.82) is 0 Å². The molecule has 0 aromatic heterocycles. The van der Waals surface area contributed by atoms with Gasteiger partial charge in [0.2, 0.25) is 0 Å². The van der Waals surface area contributed by atoms with Crippen molar-refractivity contribution >= 4 is 17.5 Å². The molecule has 0 N–H and O–H groups in total. The SMILES string of the molecule is C=CCN(CC=C)C(=O)COc1ccc(Cl)cc1. The van der Waals surface area contributed by atoms with Gasteiger partial charge in [-0.15, -0.1) is 13.2 Å². The van der Waals surface area contributed by atoms with Gasteiger partial charge >= 0.3 is 0 Å². The summed E-state index contributed by atoms with van der Waals surface area (Å²) in [5.41, 5.74) is 0. The first-order valence-corrected chi connectivity index (χ1v) is 5.93. The van der Waals surface area contributed by atoms with Crippen LogP contribution in [0.15, 0.2) is 49.6 Å². The highest BCUT2D eigenvalue weighted by molar-refractivity contribution is 6.30. The van der Waals surface area contributed by atoms with E-state index in [9.17, 15) is 4.79 Å². The van der Waals surface area contributed by atoms with E-state index in [-0.39, 0.29) is 12.5 Å². The molecule has 0 fully saturated rings. The molecule has 1 rings (SSSR count). The smallest absolute Gasteiger partial charge is 0.261 e. The fourth-order valence-corrected chi connectivity index (χ4v) is 1.48. The van der Waals surface area contributed by atoms with Gasteiger partial charge in [0.25, 0.3) is 5.91 Å². The maximum absolute atomic E-state index is 11.8. The van der Waals surface area contributed by atoms with Gasteiger partial charge in [0.05, 0.1) is 0 Å². The Bertz CT molecular complexity index is 404. The maximum Gasteiger partial charge on any atom is 0.261 e. The van der Waals surface area contributed by atoms with Gasteiger partial charge in [-0.2, -0.15) is 0 Å². The van der Waals surface area contributed by atoms with Crippen LogP contribution in [0, 0.1) is 0 Å². The molecule has 1 aromatic rings. The molecular weight excluding hydrogens is 250 g/mol. The summed E-state index contributed by atoms with van der Waals surface area (Å²) in [6.45, 7) is 8.17. The number of nitrogens with zero attached hydrogens (tertiary/aromatic N) is 1. The second-order valence-electron chi connectivity index (χ2n) is 3.62. The molecule has 18 heavy (non-hydrogen) atoms. The van der Waals surface area contributed by atoms with Crippen molar-refractivity contribution in [2.45, 2.75) is 0 Å². The van der Waals surface area contributed by atoms with E-state index in [0.717, 1.165) is 0 Å². The molecule has 0 spiro atoms. The number of hydrogen-bond donors (Lipinski definition) is 0. The van der Waals surface area contributed by atoms with E-state index in [1.807, 2.05) is 0 Å². The molecule has 0 atom stereocenters. The topological polar surface area (TPSA) is 29.5 Å². The van der Waals surface area contributed by atoms with Crippen LogP contribution in [-0.4, -0.2) is 30.5 Å². The van der Waals surface area contributed by atoms with Crippen molar-refractivity contribution in [2.24, 2.45) is 0 Å². The van der Waals surface area contributed by atoms with Crippen LogP contribution in [0.2, 0.25) is 5.02 Å². The molecule has 0 unspecified atom stereocenters. The number of benzene rings is 1. The normalized spacial score (nSPS) is 9.61. The first-order valence-electron chi connectivity index (χ1n) is 5.55. The Hall–Kier alpha value is -1.74. The predicted octanol–water partition coefficient (Wildman–Crippen LogP) is 2.92. The number of carbonyl (C=O) groups excluding carboxylic acids is 1. The van der Waals surface area contributed by atoms with E-state index in [4.69, 9.17) is 16.3 Å². The summed E-state index contributed by atoms with van der Waals surface area (Å²) in [6, 6.07) is 6.88. The zero-order chi connectivity index (χ0) is 13.4. The molecule has 0 saturated carbocycles. The van der Waals surface area contributed by atoms with Crippen LogP contribution in [0.4, 0.5) is 0 Å². The summed E-state index contributed by atoms with van der Waals surface area (Å²) in [7, 11) is 0. The molecule has 96 valence electrons. The number of amides is 1. The molecule has 0 bridgehead atoms. The lowest BCUT2D eigenvalue weighted by molar-refractivity contribution is -0.132. The zero-order valence-electron chi connectivity index (χ0n) is 10.1. The lowest BCUT2D eigenvalue weighted by Crippen LogP contribution is -2.35. The third kappa shape index (κ3) is 4.63. The Balaban J connectivity index is 2.50. The molecule has 0 aliphatic rings. The first-order chi connectivity index (χ1) is 8.67. The molecule has 1 amide bonds. The first kappa shape index (κ1) is 14.3. The second kappa shape index (κ2) is 7.56. The van der Waals surface area contributed by atoms with Crippen molar-refractivity contribution < 1.29 is 9.53 Å². The monoisotopic (exact) mass is 265 g/mol. The zero-order valence-corrected chi connectivity index (χ0v) is 10.9. The van der Waals surface area contributed by atoms with Crippen LogP contribution in [0.1, 0.15) is 0 Å². The van der Waals surface area contributed by atoms with Gasteiger partial charge in [0, 0.05) is 18.1 Å². The third-order valence-electron chi connectivity index (χ3n) is 2.23. The van der Waals surface area contributed by atoms with Gasteiger partial charge in [-0.25, -0.2) is 0 Å². The number of carbonyl (C=O) groups is 1. The van der Waals surface area contributed by atoms with E-state index < -0.39 is 0 Å². The lowest BCUT2D eigenvalue weighted by Gasteiger charge is -2.19. The minimum atomic E-state index is -0.107. The second-order valence-corrected chi connectivity index (χ2v) is 4.06. The Kier molecular flexibility index (Phi) is 6.01. The predicted molar refractivity (Wildman–Crippen MR) is 73.9 cm³/mol. The van der Waals surface area contributed by atoms with E-state index in [0.29, 0.717) is 23.9 Å². The Morgan fingerprint density at radius 1 is 1.22 bits per heavy atom. The van der Waals surface area contributed by atoms with Crippen molar-refractivity contribution in [1.82, 2.24) is 4.90 Å². The Morgan fingerprint density at radius 3 is 2.28 bits per heavy atom. The summed E-state index contributed by atoms with van der Waals surface area (Å²) in [4.78, 5) is 13.4. The molecule has 0 heterocycles. The Labute approximate surface area is 112 Å². The fraction of sp³-hybridized carbons (Fsp3) is 0.214. The van der Waals surface area contributed by atoms with Gasteiger partial charge in [0.15, 0.2) is 6.61 Å². The van der Waals surface area contributed by atoms with Gasteiger partial charge in [-0.05, 0) is 24.3 Å². The highest BCUT2D eigenvalue weighted by atomic mass is 35.5. The van der Waals surface area contributed by atoms with Crippen LogP contribution in [-0.2, 0) is 4.79 Å². The third-order valence-corrected chi connectivity index (χ3v) is 2.48. The number of ether oxygens (including phenoxy) is 1. The number of rotatable bonds is 7. The van der Waals surface area contributed by atoms with Crippen molar-refractivity contribution in [3.63, 3.8) is 0 Å². The summed E-state index contributed by atoms with van der Waals surface area (Å²) < 4.78 is 5.38. The average molecular weight is 266 g/mol. The van der Waals surface area contributed by atoms with Gasteiger partial charge in [0.1, 0.15) is 5.75 Å². The van der Waals surface area contributed by atoms with Crippen molar-refractivity contribution in [2.75, 3.05) is 19.7 Å². The summed E-state index contributed by atoms with van der Waals surface area (Å²) in [5, 5.41) is 0.633. The quantitative estimate of drug-likeness (QED) is 0.710. The minimum absolute atomic E-state index is 0.0106. The molecule has 3 nitrogen and oxygen atoms in total. The fourth-order valence-electron chi connectivity index (χ4n) is 1.36. The van der Waals surface area contributed by atoms with Crippen LogP contribution in [0.25, 0.3) is 0 Å². The summed E-state index contributed by atoms with van der Waals surface area (Å²) in [6.07, 6.45) is 3.34. The average Bonchev–Trinajstić information content (AvgIpc) is 2.37. The molecule has 0 radical (unpaired) electrons. The Morgan fingerprint density at radius 2 is 1.78 bits per heavy atom. The van der Waals surface area contributed by atoms with Crippen LogP contribution in [0.5, 0.6) is 5.75 Å². The largest absolute Gasteiger partial charge is 0.484 e. The molecule has 4 heteroatoms. The highest BCUT2D eigenvalue weighted by Crippen LogP contribution is 2.15. The molecule has 0 aliphatic carbocycles. The van der Waals surface area contributed by atoms with E-state index in [2.05, 4.69) is 13.2 Å². The highest BCUT2D eigenvalue weighted by Gasteiger charge is 2.11.